The van der Waals surface area contributed by atoms with Crippen LogP contribution in [0.3, 0.4) is 0 Å². The van der Waals surface area contributed by atoms with Gasteiger partial charge in [-0.3, -0.25) is 10.1 Å². The van der Waals surface area contributed by atoms with Crippen LogP contribution in [0.25, 0.3) is 0 Å². The summed E-state index contributed by atoms with van der Waals surface area (Å²) in [5, 5.41) is 5.13. The third kappa shape index (κ3) is 3.57. The molecule has 0 saturated carbocycles. The monoisotopic (exact) mass is 290 g/mol. The third-order valence-corrected chi connectivity index (χ3v) is 3.56. The molecule has 2 aromatic rings. The van der Waals surface area contributed by atoms with Crippen molar-refractivity contribution in [2.45, 2.75) is 32.8 Å². The van der Waals surface area contributed by atoms with Gasteiger partial charge < -0.3 is 4.74 Å². The fourth-order valence-corrected chi connectivity index (χ4v) is 2.33. The zero-order valence-corrected chi connectivity index (χ0v) is 12.6. The summed E-state index contributed by atoms with van der Waals surface area (Å²) in [5.74, 6) is 0.906. The summed E-state index contributed by atoms with van der Waals surface area (Å²) in [6, 6.07) is 7.79. The average Bonchev–Trinajstić information content (AvgIpc) is 2.91. The van der Waals surface area contributed by atoms with Crippen molar-refractivity contribution in [3.05, 3.63) is 41.4 Å². The lowest BCUT2D eigenvalue weighted by molar-refractivity contribution is -0.122. The summed E-state index contributed by atoms with van der Waals surface area (Å²) in [6.45, 7) is 5.94. The Balaban J connectivity index is 2.04. The van der Waals surface area contributed by atoms with Crippen molar-refractivity contribution in [3.8, 4) is 5.75 Å². The van der Waals surface area contributed by atoms with Crippen LogP contribution in [0.2, 0.25) is 0 Å². The first-order valence-electron chi connectivity index (χ1n) is 6.54. The number of nitrogens with one attached hydrogen (secondary N) is 1. The van der Waals surface area contributed by atoms with Crippen LogP contribution in [0.15, 0.2) is 35.8 Å². The van der Waals surface area contributed by atoms with Crippen LogP contribution < -0.4 is 10.1 Å². The summed E-state index contributed by atoms with van der Waals surface area (Å²) in [7, 11) is 0. The van der Waals surface area contributed by atoms with Crippen LogP contribution in [-0.2, 0) is 4.79 Å². The average molecular weight is 290 g/mol. The second-order valence-corrected chi connectivity index (χ2v) is 5.67. The molecule has 0 unspecified atom stereocenters. The van der Waals surface area contributed by atoms with Gasteiger partial charge in [-0.05, 0) is 24.5 Å². The third-order valence-electron chi connectivity index (χ3n) is 2.88. The number of ether oxygens (including phenoxy) is 1. The van der Waals surface area contributed by atoms with Crippen molar-refractivity contribution in [2.75, 3.05) is 5.32 Å². The summed E-state index contributed by atoms with van der Waals surface area (Å²) < 4.78 is 5.78. The van der Waals surface area contributed by atoms with Crippen LogP contribution in [0.4, 0.5) is 5.13 Å². The number of carbonyl (C=O) groups is 1. The highest BCUT2D eigenvalue weighted by molar-refractivity contribution is 7.13. The minimum absolute atomic E-state index is 0.196. The molecule has 1 atom stereocenters. The fraction of sp³-hybridized carbons (Fsp3) is 0.333. The van der Waals surface area contributed by atoms with Gasteiger partial charge in [0.1, 0.15) is 5.75 Å². The Bertz CT molecular complexity index is 567. The molecule has 106 valence electrons. The predicted octanol–water partition coefficient (Wildman–Crippen LogP) is 3.67. The quantitative estimate of drug-likeness (QED) is 0.914. The molecule has 1 aromatic heterocycles. The van der Waals surface area contributed by atoms with Gasteiger partial charge in [-0.1, -0.05) is 32.0 Å². The first-order valence-corrected chi connectivity index (χ1v) is 7.42. The molecule has 2 rings (SSSR count). The molecule has 0 radical (unpaired) electrons. The van der Waals surface area contributed by atoms with E-state index in [4.69, 9.17) is 4.74 Å². The van der Waals surface area contributed by atoms with Crippen LogP contribution in [0.1, 0.15) is 32.3 Å². The first-order chi connectivity index (χ1) is 9.58. The van der Waals surface area contributed by atoms with E-state index in [0.29, 0.717) is 11.0 Å². The number of carbonyl (C=O) groups excluding carboxylic acids is 1. The normalized spacial score (nSPS) is 12.2. The first kappa shape index (κ1) is 14.5. The second-order valence-electron chi connectivity index (χ2n) is 4.78. The van der Waals surface area contributed by atoms with Gasteiger partial charge in [-0.25, -0.2) is 4.98 Å². The van der Waals surface area contributed by atoms with E-state index in [-0.39, 0.29) is 5.91 Å². The van der Waals surface area contributed by atoms with E-state index in [0.717, 1.165) is 11.3 Å². The van der Waals surface area contributed by atoms with E-state index < -0.39 is 6.10 Å². The van der Waals surface area contributed by atoms with Crippen molar-refractivity contribution >= 4 is 22.4 Å². The molecule has 5 heteroatoms. The topological polar surface area (TPSA) is 51.2 Å². The molecule has 20 heavy (non-hydrogen) atoms. The Morgan fingerprint density at radius 1 is 1.30 bits per heavy atom. The van der Waals surface area contributed by atoms with Crippen molar-refractivity contribution in [1.29, 1.82) is 0 Å². The minimum Gasteiger partial charge on any atom is -0.481 e. The van der Waals surface area contributed by atoms with Crippen molar-refractivity contribution in [2.24, 2.45) is 0 Å². The number of hydrogen-bond donors (Lipinski definition) is 1. The maximum atomic E-state index is 12.0. The molecule has 0 aliphatic carbocycles. The van der Waals surface area contributed by atoms with E-state index in [1.807, 2.05) is 29.6 Å². The number of hydrogen-bond acceptors (Lipinski definition) is 4. The minimum atomic E-state index is -0.571. The van der Waals surface area contributed by atoms with Crippen LogP contribution in [-0.4, -0.2) is 17.0 Å². The van der Waals surface area contributed by atoms with Gasteiger partial charge in [0.05, 0.1) is 0 Å². The van der Waals surface area contributed by atoms with Gasteiger partial charge in [-0.2, -0.15) is 0 Å². The van der Waals surface area contributed by atoms with E-state index >= 15 is 0 Å². The molecule has 4 nitrogen and oxygen atoms in total. The molecular weight excluding hydrogens is 272 g/mol. The zero-order chi connectivity index (χ0) is 14.5. The highest BCUT2D eigenvalue weighted by atomic mass is 32.1. The molecule has 1 aromatic carbocycles. The highest BCUT2D eigenvalue weighted by Crippen LogP contribution is 2.26. The summed E-state index contributed by atoms with van der Waals surface area (Å²) in [6.07, 6.45) is 1.08. The molecule has 0 aliphatic rings. The molecule has 1 amide bonds. The van der Waals surface area contributed by atoms with Crippen molar-refractivity contribution in [3.63, 3.8) is 0 Å². The Kier molecular flexibility index (Phi) is 4.74. The van der Waals surface area contributed by atoms with Gasteiger partial charge in [0, 0.05) is 11.6 Å². The summed E-state index contributed by atoms with van der Waals surface area (Å²) >= 11 is 1.38. The van der Waals surface area contributed by atoms with Crippen LogP contribution >= 0.6 is 11.3 Å². The Hall–Kier alpha value is -1.88. The zero-order valence-electron chi connectivity index (χ0n) is 11.8. The maximum absolute atomic E-state index is 12.0. The molecule has 1 heterocycles. The maximum Gasteiger partial charge on any atom is 0.266 e. The number of benzene rings is 1. The SMILES string of the molecule is CC(C)c1ccccc1O[C@H](C)C(=O)Nc1nccs1. The number of nitrogens with zero attached hydrogens (tertiary/aromatic N) is 1. The molecule has 0 spiro atoms. The Labute approximate surface area is 122 Å². The summed E-state index contributed by atoms with van der Waals surface area (Å²) in [5.41, 5.74) is 1.10. The molecular formula is C15H18N2O2S. The number of thiazole rings is 1. The predicted molar refractivity (Wildman–Crippen MR) is 81.4 cm³/mol. The van der Waals surface area contributed by atoms with E-state index in [2.05, 4.69) is 24.1 Å². The lowest BCUT2D eigenvalue weighted by Crippen LogP contribution is -2.30. The Morgan fingerprint density at radius 2 is 2.05 bits per heavy atom. The largest absolute Gasteiger partial charge is 0.481 e. The summed E-state index contributed by atoms with van der Waals surface area (Å²) in [4.78, 5) is 16.0. The van der Waals surface area contributed by atoms with Gasteiger partial charge in [0.15, 0.2) is 11.2 Å². The number of anilines is 1. The van der Waals surface area contributed by atoms with Crippen molar-refractivity contribution in [1.82, 2.24) is 4.98 Å². The molecule has 1 N–H and O–H groups in total. The van der Waals surface area contributed by atoms with E-state index in [1.54, 1.807) is 13.1 Å². The smallest absolute Gasteiger partial charge is 0.266 e. The second kappa shape index (κ2) is 6.52. The molecule has 0 aliphatic heterocycles. The van der Waals surface area contributed by atoms with Gasteiger partial charge >= 0.3 is 0 Å². The standard InChI is InChI=1S/C15H18N2O2S/c1-10(2)12-6-4-5-7-13(12)19-11(3)14(18)17-15-16-8-9-20-15/h4-11H,1-3H3,(H,16,17,18)/t11-/m1/s1. The van der Waals surface area contributed by atoms with Gasteiger partial charge in [0.2, 0.25) is 0 Å². The molecule has 0 saturated heterocycles. The Morgan fingerprint density at radius 3 is 2.70 bits per heavy atom. The van der Waals surface area contributed by atoms with Crippen LogP contribution in [0, 0.1) is 0 Å². The highest BCUT2D eigenvalue weighted by Gasteiger charge is 2.17. The van der Waals surface area contributed by atoms with Gasteiger partial charge in [-0.15, -0.1) is 11.3 Å². The number of amides is 1. The number of rotatable bonds is 5. The lowest BCUT2D eigenvalue weighted by Gasteiger charge is -2.18. The van der Waals surface area contributed by atoms with E-state index in [9.17, 15) is 4.79 Å². The molecule has 0 fully saturated rings. The number of aromatic nitrogens is 1. The fourth-order valence-electron chi connectivity index (χ4n) is 1.80. The lowest BCUT2D eigenvalue weighted by atomic mass is 10.0. The van der Waals surface area contributed by atoms with Gasteiger partial charge in [0.25, 0.3) is 5.91 Å². The van der Waals surface area contributed by atoms with Crippen LogP contribution in [0.5, 0.6) is 5.75 Å². The van der Waals surface area contributed by atoms with Crippen molar-refractivity contribution < 1.29 is 9.53 Å². The molecule has 0 bridgehead atoms. The number of para-hydroxylation sites is 1. The van der Waals surface area contributed by atoms with E-state index in [1.165, 1.54) is 11.3 Å².